The second-order valence-electron chi connectivity index (χ2n) is 6.08. The third kappa shape index (κ3) is 3.26. The lowest BCUT2D eigenvalue weighted by Gasteiger charge is -2.17. The topological polar surface area (TPSA) is 104 Å². The largest absolute Gasteiger partial charge is 0.492 e. The number of nitrogens with zero attached hydrogens (tertiary/aromatic N) is 2. The number of likely N-dealkylation sites (N-methyl/N-ethyl adjacent to an activating group) is 1. The first-order valence-corrected chi connectivity index (χ1v) is 8.98. The number of hydrogen-bond donors (Lipinski definition) is 3. The summed E-state index contributed by atoms with van der Waals surface area (Å²) in [5.74, 6) is -0.216. The predicted molar refractivity (Wildman–Crippen MR) is 87.9 cm³/mol. The molecule has 1 aromatic rings. The van der Waals surface area contributed by atoms with E-state index in [0.717, 1.165) is 18.6 Å². The molecule has 2 amide bonds. The minimum Gasteiger partial charge on any atom is -0.492 e. The lowest BCUT2D eigenvalue weighted by Crippen LogP contribution is -2.37. The first kappa shape index (κ1) is 16.8. The van der Waals surface area contributed by atoms with Crippen LogP contribution in [-0.4, -0.2) is 62.0 Å². The van der Waals surface area contributed by atoms with E-state index in [4.69, 9.17) is 4.84 Å². The molecule has 132 valence electrons. The van der Waals surface area contributed by atoms with Gasteiger partial charge in [0.2, 0.25) is 11.8 Å². The molecule has 0 bridgehead atoms. The van der Waals surface area contributed by atoms with Crippen LogP contribution in [0.4, 0.5) is 4.79 Å². The van der Waals surface area contributed by atoms with Gasteiger partial charge in [-0.3, -0.25) is 0 Å². The number of unbranched alkanes of at least 4 members (excludes halogenated alkanes) is 1. The average Bonchev–Trinajstić information content (AvgIpc) is 3.17. The maximum Gasteiger partial charge on any atom is 0.333 e. The fourth-order valence-electron chi connectivity index (χ4n) is 3.13. The van der Waals surface area contributed by atoms with Crippen LogP contribution >= 0.6 is 11.8 Å². The molecular weight excluding hydrogens is 334 g/mol. The van der Waals surface area contributed by atoms with Gasteiger partial charge in [-0.15, -0.1) is 4.73 Å². The van der Waals surface area contributed by atoms with Crippen LogP contribution in [0.3, 0.4) is 0 Å². The molecule has 1 aromatic heterocycles. The van der Waals surface area contributed by atoms with Gasteiger partial charge in [-0.1, -0.05) is 6.42 Å². The van der Waals surface area contributed by atoms with E-state index in [1.807, 2.05) is 18.8 Å². The van der Waals surface area contributed by atoms with Crippen molar-refractivity contribution >= 4 is 23.8 Å². The predicted octanol–water partition coefficient (Wildman–Crippen LogP) is 0.922. The number of hydrogen-bond acceptors (Lipinski definition) is 6. The van der Waals surface area contributed by atoms with E-state index in [2.05, 4.69) is 5.32 Å². The Labute approximate surface area is 143 Å². The monoisotopic (exact) mass is 355 g/mol. The summed E-state index contributed by atoms with van der Waals surface area (Å²) in [5, 5.41) is 22.2. The summed E-state index contributed by atoms with van der Waals surface area (Å²) in [7, 11) is 1.82. The summed E-state index contributed by atoms with van der Waals surface area (Å²) in [6, 6.07) is 2.92. The Morgan fingerprint density at radius 3 is 2.79 bits per heavy atom. The number of thioether (sulfide) groups is 1. The lowest BCUT2D eigenvalue weighted by molar-refractivity contribution is -0.145. The summed E-state index contributed by atoms with van der Waals surface area (Å²) in [5.41, 5.74) is 0. The molecule has 9 heteroatoms. The second-order valence-corrected chi connectivity index (χ2v) is 7.35. The van der Waals surface area contributed by atoms with Crippen LogP contribution in [0.25, 0.3) is 0 Å². The SMILES string of the molecule is CN1C(=O)NC2C(CCCCC(=O)On3c(O)ccc3O)SCC21. The molecule has 3 unspecified atom stereocenters. The number of rotatable bonds is 6. The highest BCUT2D eigenvalue weighted by Gasteiger charge is 2.46. The zero-order chi connectivity index (χ0) is 17.3. The number of aromatic hydroxyl groups is 2. The third-order valence-corrected chi connectivity index (χ3v) is 6.01. The molecule has 0 spiro atoms. The van der Waals surface area contributed by atoms with Crippen LogP contribution in [0.1, 0.15) is 25.7 Å². The number of fused-ring (bicyclic) bond motifs is 1. The average molecular weight is 355 g/mol. The van der Waals surface area contributed by atoms with Crippen molar-refractivity contribution in [3.05, 3.63) is 12.1 Å². The Balaban J connectivity index is 1.38. The van der Waals surface area contributed by atoms with Crippen molar-refractivity contribution in [2.75, 3.05) is 12.8 Å². The van der Waals surface area contributed by atoms with E-state index in [1.54, 1.807) is 4.90 Å². The van der Waals surface area contributed by atoms with Crippen molar-refractivity contribution in [3.8, 4) is 11.8 Å². The van der Waals surface area contributed by atoms with Crippen molar-refractivity contribution < 1.29 is 24.6 Å². The quantitative estimate of drug-likeness (QED) is 0.518. The first-order chi connectivity index (χ1) is 11.5. The van der Waals surface area contributed by atoms with Crippen LogP contribution in [0.5, 0.6) is 11.8 Å². The summed E-state index contributed by atoms with van der Waals surface area (Å²) < 4.78 is 0.698. The van der Waals surface area contributed by atoms with Gasteiger partial charge < -0.3 is 25.3 Å². The van der Waals surface area contributed by atoms with E-state index in [0.29, 0.717) is 16.4 Å². The highest BCUT2D eigenvalue weighted by atomic mass is 32.2. The van der Waals surface area contributed by atoms with Gasteiger partial charge in [0.15, 0.2) is 0 Å². The number of amides is 2. The molecule has 3 heterocycles. The minimum atomic E-state index is -0.511. The Bertz CT molecular complexity index is 615. The summed E-state index contributed by atoms with van der Waals surface area (Å²) in [6.45, 7) is 0. The zero-order valence-electron chi connectivity index (χ0n) is 13.3. The third-order valence-electron chi connectivity index (χ3n) is 4.51. The van der Waals surface area contributed by atoms with E-state index >= 15 is 0 Å². The number of nitrogens with one attached hydrogen (secondary N) is 1. The van der Waals surface area contributed by atoms with Gasteiger partial charge >= 0.3 is 12.0 Å². The maximum atomic E-state index is 11.7. The highest BCUT2D eigenvalue weighted by molar-refractivity contribution is 8.00. The van der Waals surface area contributed by atoms with Gasteiger partial charge in [0.25, 0.3) is 0 Å². The van der Waals surface area contributed by atoms with Crippen LogP contribution in [0.2, 0.25) is 0 Å². The Hall–Kier alpha value is -2.03. The summed E-state index contributed by atoms with van der Waals surface area (Å²) in [4.78, 5) is 30.1. The molecule has 0 saturated carbocycles. The van der Waals surface area contributed by atoms with Crippen molar-refractivity contribution in [2.45, 2.75) is 43.0 Å². The Kier molecular flexibility index (Phi) is 4.79. The van der Waals surface area contributed by atoms with Gasteiger partial charge in [-0.2, -0.15) is 11.8 Å². The van der Waals surface area contributed by atoms with E-state index in [9.17, 15) is 19.8 Å². The van der Waals surface area contributed by atoms with Crippen molar-refractivity contribution in [2.24, 2.45) is 0 Å². The molecular formula is C15H21N3O5S. The van der Waals surface area contributed by atoms with E-state index < -0.39 is 5.97 Å². The normalized spacial score (nSPS) is 25.6. The highest BCUT2D eigenvalue weighted by Crippen LogP contribution is 2.36. The molecule has 3 rings (SSSR count). The second kappa shape index (κ2) is 6.84. The molecule has 2 saturated heterocycles. The molecule has 8 nitrogen and oxygen atoms in total. The summed E-state index contributed by atoms with van der Waals surface area (Å²) in [6.07, 6.45) is 2.63. The van der Waals surface area contributed by atoms with Crippen LogP contribution in [0.15, 0.2) is 12.1 Å². The number of carbonyl (C=O) groups excluding carboxylic acids is 2. The smallest absolute Gasteiger partial charge is 0.333 e. The molecule has 0 aliphatic carbocycles. The first-order valence-electron chi connectivity index (χ1n) is 7.93. The fraction of sp³-hybridized carbons (Fsp3) is 0.600. The van der Waals surface area contributed by atoms with Gasteiger partial charge in [0.05, 0.1) is 12.1 Å². The Morgan fingerprint density at radius 1 is 1.38 bits per heavy atom. The molecule has 3 atom stereocenters. The number of carbonyl (C=O) groups is 2. The van der Waals surface area contributed by atoms with Crippen LogP contribution < -0.4 is 10.2 Å². The zero-order valence-corrected chi connectivity index (χ0v) is 14.2. The molecule has 2 aliphatic rings. The van der Waals surface area contributed by atoms with E-state index in [-0.39, 0.29) is 36.3 Å². The molecule has 0 radical (unpaired) electrons. The van der Waals surface area contributed by atoms with Crippen molar-refractivity contribution in [3.63, 3.8) is 0 Å². The van der Waals surface area contributed by atoms with Crippen LogP contribution in [-0.2, 0) is 4.79 Å². The molecule has 3 N–H and O–H groups in total. The minimum absolute atomic E-state index is 0.00906. The van der Waals surface area contributed by atoms with Crippen LogP contribution in [0, 0.1) is 0 Å². The maximum absolute atomic E-state index is 11.7. The van der Waals surface area contributed by atoms with Gasteiger partial charge in [-0.25, -0.2) is 9.59 Å². The van der Waals surface area contributed by atoms with Gasteiger partial charge in [0, 0.05) is 36.6 Å². The fourth-order valence-corrected chi connectivity index (χ4v) is 4.80. The van der Waals surface area contributed by atoms with Gasteiger partial charge in [-0.05, 0) is 12.8 Å². The molecule has 24 heavy (non-hydrogen) atoms. The lowest BCUT2D eigenvalue weighted by atomic mass is 10.0. The molecule has 0 aromatic carbocycles. The molecule has 2 aliphatic heterocycles. The van der Waals surface area contributed by atoms with E-state index in [1.165, 1.54) is 12.1 Å². The Morgan fingerprint density at radius 2 is 2.08 bits per heavy atom. The van der Waals surface area contributed by atoms with Gasteiger partial charge in [0.1, 0.15) is 0 Å². The molecule has 2 fully saturated rings. The van der Waals surface area contributed by atoms with Crippen molar-refractivity contribution in [1.82, 2.24) is 14.9 Å². The number of urea groups is 1. The standard InChI is InChI=1S/C15H21N3O5S/c1-17-9-8-24-10(14(9)16-15(17)22)4-2-3-5-13(21)23-18-11(19)6-7-12(18)20/h6-7,9-10,14,19-20H,2-5,8H2,1H3,(H,16,22). The summed E-state index contributed by atoms with van der Waals surface area (Å²) >= 11 is 1.86. The number of aromatic nitrogens is 1. The van der Waals surface area contributed by atoms with Crippen molar-refractivity contribution in [1.29, 1.82) is 0 Å².